The molecule has 0 bridgehead atoms. The number of nitrogens with one attached hydrogen (secondary N) is 1. The molecule has 0 aromatic carbocycles. The van der Waals surface area contributed by atoms with Crippen molar-refractivity contribution in [1.29, 1.82) is 0 Å². The first-order valence-electron chi connectivity index (χ1n) is 8.96. The van der Waals surface area contributed by atoms with Gasteiger partial charge in [-0.3, -0.25) is 9.67 Å². The van der Waals surface area contributed by atoms with Crippen LogP contribution in [0.4, 0.5) is 0 Å². The summed E-state index contributed by atoms with van der Waals surface area (Å²) in [6, 6.07) is 4.49. The van der Waals surface area contributed by atoms with Crippen LogP contribution in [-0.4, -0.2) is 52.9 Å². The molecule has 0 radical (unpaired) electrons. The van der Waals surface area contributed by atoms with Crippen molar-refractivity contribution in [3.63, 3.8) is 0 Å². The molecule has 2 aromatic rings. The molecule has 1 N–H and O–H groups in total. The molecule has 1 unspecified atom stereocenters. The lowest BCUT2D eigenvalue weighted by molar-refractivity contribution is -0.00810. The third-order valence-corrected chi connectivity index (χ3v) is 4.57. The van der Waals surface area contributed by atoms with Gasteiger partial charge in [-0.15, -0.1) is 24.0 Å². The number of aromatic nitrogens is 2. The number of morpholine rings is 1. The van der Waals surface area contributed by atoms with Gasteiger partial charge in [0.15, 0.2) is 5.96 Å². The highest BCUT2D eigenvalue weighted by molar-refractivity contribution is 14.0. The summed E-state index contributed by atoms with van der Waals surface area (Å²) in [5.41, 5.74) is 1.12. The highest BCUT2D eigenvalue weighted by Crippen LogP contribution is 2.23. The maximum Gasteiger partial charge on any atom is 0.194 e. The highest BCUT2D eigenvalue weighted by Gasteiger charge is 2.29. The van der Waals surface area contributed by atoms with Crippen molar-refractivity contribution >= 4 is 29.9 Å². The second-order valence-corrected chi connectivity index (χ2v) is 6.71. The number of aryl methyl sites for hydroxylation is 1. The van der Waals surface area contributed by atoms with Crippen LogP contribution in [0.25, 0.3) is 0 Å². The molecule has 4 rings (SSSR count). The fourth-order valence-corrected chi connectivity index (χ4v) is 3.02. The number of aliphatic imine (C=N–C) groups is 1. The predicted octanol–water partition coefficient (Wildman–Crippen LogP) is 2.36. The van der Waals surface area contributed by atoms with Gasteiger partial charge in [0.1, 0.15) is 11.9 Å². The lowest BCUT2D eigenvalue weighted by Crippen LogP contribution is -2.48. The summed E-state index contributed by atoms with van der Waals surface area (Å²) in [6.07, 6.45) is 8.94. The molecule has 7 nitrogen and oxygen atoms in total. The van der Waals surface area contributed by atoms with E-state index in [-0.39, 0.29) is 30.1 Å². The normalized spacial score (nSPS) is 20.7. The topological polar surface area (TPSA) is 67.8 Å². The largest absolute Gasteiger partial charge is 0.469 e. The Morgan fingerprint density at radius 3 is 3.00 bits per heavy atom. The first kappa shape index (κ1) is 19.2. The number of hydrogen-bond acceptors (Lipinski definition) is 4. The Hall–Kier alpha value is -1.55. The summed E-state index contributed by atoms with van der Waals surface area (Å²) in [6.45, 7) is 3.07. The van der Waals surface area contributed by atoms with Crippen LogP contribution in [0.15, 0.2) is 40.2 Å². The van der Waals surface area contributed by atoms with E-state index >= 15 is 0 Å². The number of rotatable bonds is 5. The van der Waals surface area contributed by atoms with Gasteiger partial charge in [-0.1, -0.05) is 0 Å². The molecular formula is C18H26IN5O2. The van der Waals surface area contributed by atoms with Crippen LogP contribution in [0.2, 0.25) is 0 Å². The smallest absolute Gasteiger partial charge is 0.194 e. The third-order valence-electron chi connectivity index (χ3n) is 4.57. The SMILES string of the molecule is Cn1cc(C2CN(C(=NCCc3ccco3)NC3CC3)CCO2)cn1.I. The number of nitrogens with zero attached hydrogens (tertiary/aromatic N) is 4. The molecule has 3 heterocycles. The van der Waals surface area contributed by atoms with E-state index in [0.29, 0.717) is 12.6 Å². The average molecular weight is 471 g/mol. The first-order chi connectivity index (χ1) is 12.3. The molecule has 2 aromatic heterocycles. The average Bonchev–Trinajstić information content (AvgIpc) is 3.09. The van der Waals surface area contributed by atoms with E-state index in [4.69, 9.17) is 14.1 Å². The van der Waals surface area contributed by atoms with E-state index in [1.54, 1.807) is 6.26 Å². The summed E-state index contributed by atoms with van der Waals surface area (Å²) in [5, 5.41) is 7.85. The van der Waals surface area contributed by atoms with Gasteiger partial charge in [0.25, 0.3) is 0 Å². The van der Waals surface area contributed by atoms with Crippen LogP contribution in [0, 0.1) is 0 Å². The molecule has 142 valence electrons. The summed E-state index contributed by atoms with van der Waals surface area (Å²) < 4.78 is 13.2. The quantitative estimate of drug-likeness (QED) is 0.412. The minimum Gasteiger partial charge on any atom is -0.469 e. The van der Waals surface area contributed by atoms with Crippen LogP contribution in [0.1, 0.15) is 30.3 Å². The molecule has 8 heteroatoms. The van der Waals surface area contributed by atoms with Gasteiger partial charge in [0, 0.05) is 44.4 Å². The number of halogens is 1. The van der Waals surface area contributed by atoms with Crippen LogP contribution in [0.3, 0.4) is 0 Å². The lowest BCUT2D eigenvalue weighted by atomic mass is 10.1. The van der Waals surface area contributed by atoms with Crippen molar-refractivity contribution in [3.05, 3.63) is 42.1 Å². The summed E-state index contributed by atoms with van der Waals surface area (Å²) in [4.78, 5) is 7.14. The Labute approximate surface area is 170 Å². The summed E-state index contributed by atoms with van der Waals surface area (Å²) in [7, 11) is 1.93. The first-order valence-corrected chi connectivity index (χ1v) is 8.96. The standard InChI is InChI=1S/C18H25N5O2.HI/c1-22-12-14(11-20-22)17-13-23(8-10-25-17)18(21-15-4-5-15)19-7-6-16-3-2-9-24-16;/h2-3,9,11-12,15,17H,4-8,10,13H2,1H3,(H,19,21);1H. The molecule has 0 spiro atoms. The fraction of sp³-hybridized carbons (Fsp3) is 0.556. The number of furan rings is 1. The Morgan fingerprint density at radius 2 is 2.31 bits per heavy atom. The molecule has 1 atom stereocenters. The van der Waals surface area contributed by atoms with Gasteiger partial charge in [-0.2, -0.15) is 5.10 Å². The van der Waals surface area contributed by atoms with Gasteiger partial charge in [0.05, 0.1) is 25.6 Å². The minimum atomic E-state index is 0. The molecule has 2 fully saturated rings. The predicted molar refractivity (Wildman–Crippen MR) is 110 cm³/mol. The van der Waals surface area contributed by atoms with Gasteiger partial charge < -0.3 is 19.4 Å². The van der Waals surface area contributed by atoms with E-state index < -0.39 is 0 Å². The van der Waals surface area contributed by atoms with Gasteiger partial charge in [-0.05, 0) is 25.0 Å². The van der Waals surface area contributed by atoms with Gasteiger partial charge >= 0.3 is 0 Å². The third kappa shape index (κ3) is 5.00. The molecular weight excluding hydrogens is 445 g/mol. The molecule has 1 saturated heterocycles. The molecule has 26 heavy (non-hydrogen) atoms. The summed E-state index contributed by atoms with van der Waals surface area (Å²) in [5.74, 6) is 1.97. The van der Waals surface area contributed by atoms with Gasteiger partial charge in [0.2, 0.25) is 0 Å². The monoisotopic (exact) mass is 471 g/mol. The second kappa shape index (κ2) is 8.90. The van der Waals surface area contributed by atoms with Crippen molar-refractivity contribution < 1.29 is 9.15 Å². The van der Waals surface area contributed by atoms with E-state index in [2.05, 4.69) is 15.3 Å². The fourth-order valence-electron chi connectivity index (χ4n) is 3.02. The number of guanidine groups is 1. The summed E-state index contributed by atoms with van der Waals surface area (Å²) >= 11 is 0. The zero-order valence-corrected chi connectivity index (χ0v) is 17.3. The maximum absolute atomic E-state index is 5.95. The zero-order valence-electron chi connectivity index (χ0n) is 15.0. The Kier molecular flexibility index (Phi) is 6.58. The van der Waals surface area contributed by atoms with Gasteiger partial charge in [-0.25, -0.2) is 0 Å². The Balaban J connectivity index is 0.00000196. The van der Waals surface area contributed by atoms with Crippen molar-refractivity contribution in [3.8, 4) is 0 Å². The Bertz CT molecular complexity index is 711. The van der Waals surface area contributed by atoms with Crippen LogP contribution in [0.5, 0.6) is 0 Å². The molecule has 1 aliphatic carbocycles. The minimum absolute atomic E-state index is 0. The van der Waals surface area contributed by atoms with E-state index in [9.17, 15) is 0 Å². The van der Waals surface area contributed by atoms with E-state index in [1.807, 2.05) is 36.3 Å². The highest BCUT2D eigenvalue weighted by atomic mass is 127. The van der Waals surface area contributed by atoms with E-state index in [0.717, 1.165) is 43.3 Å². The van der Waals surface area contributed by atoms with Crippen LogP contribution < -0.4 is 5.32 Å². The Morgan fingerprint density at radius 1 is 1.42 bits per heavy atom. The lowest BCUT2D eigenvalue weighted by Gasteiger charge is -2.35. The number of ether oxygens (including phenoxy) is 1. The zero-order chi connectivity index (χ0) is 17.1. The molecule has 1 saturated carbocycles. The maximum atomic E-state index is 5.95. The van der Waals surface area contributed by atoms with Crippen molar-refractivity contribution in [2.75, 3.05) is 26.2 Å². The number of hydrogen-bond donors (Lipinski definition) is 1. The van der Waals surface area contributed by atoms with E-state index in [1.165, 1.54) is 12.8 Å². The second-order valence-electron chi connectivity index (χ2n) is 6.71. The molecule has 1 aliphatic heterocycles. The van der Waals surface area contributed by atoms with Crippen LogP contribution >= 0.6 is 24.0 Å². The van der Waals surface area contributed by atoms with Crippen LogP contribution in [-0.2, 0) is 18.2 Å². The molecule has 2 aliphatic rings. The van der Waals surface area contributed by atoms with Crippen molar-refractivity contribution in [1.82, 2.24) is 20.0 Å². The van der Waals surface area contributed by atoms with Crippen molar-refractivity contribution in [2.24, 2.45) is 12.0 Å². The molecule has 0 amide bonds. The van der Waals surface area contributed by atoms with Crippen molar-refractivity contribution in [2.45, 2.75) is 31.4 Å².